The van der Waals surface area contributed by atoms with Gasteiger partial charge in [-0.3, -0.25) is 4.68 Å². The van der Waals surface area contributed by atoms with E-state index in [-0.39, 0.29) is 22.2 Å². The van der Waals surface area contributed by atoms with Gasteiger partial charge in [0.1, 0.15) is 28.6 Å². The smallest absolute Gasteiger partial charge is 0.341 e. The van der Waals surface area contributed by atoms with Crippen LogP contribution in [0.2, 0.25) is 0 Å². The van der Waals surface area contributed by atoms with E-state index in [0.717, 1.165) is 35.9 Å². The normalized spacial score (nSPS) is 11.1. The molecule has 5 nitrogen and oxygen atoms in total. The summed E-state index contributed by atoms with van der Waals surface area (Å²) >= 11 is 0. The maximum absolute atomic E-state index is 14.9. The van der Waals surface area contributed by atoms with Crippen LogP contribution >= 0.6 is 0 Å². The number of benzene rings is 3. The second-order valence-corrected chi connectivity index (χ2v) is 7.35. The number of esters is 1. The van der Waals surface area contributed by atoms with Crippen LogP contribution < -0.4 is 0 Å². The summed E-state index contributed by atoms with van der Waals surface area (Å²) in [5, 5.41) is 14.9. The molecule has 4 aromatic rings. The molecule has 0 atom stereocenters. The summed E-state index contributed by atoms with van der Waals surface area (Å²) in [5.74, 6) is -2.73. The average Bonchev–Trinajstić information content (AvgIpc) is 3.11. The number of methoxy groups -OCH3 is 1. The van der Waals surface area contributed by atoms with Crippen LogP contribution in [0.3, 0.4) is 0 Å². The molecule has 1 heterocycles. The molecule has 3 aromatic carbocycles. The largest absolute Gasteiger partial charge is 0.507 e. The minimum absolute atomic E-state index is 0.0450. The van der Waals surface area contributed by atoms with E-state index in [0.29, 0.717) is 12.1 Å². The zero-order valence-electron chi connectivity index (χ0n) is 17.2. The number of rotatable bonds is 4. The van der Waals surface area contributed by atoms with E-state index in [1.165, 1.54) is 6.07 Å². The van der Waals surface area contributed by atoms with Gasteiger partial charge in [-0.2, -0.15) is 5.10 Å². The number of phenolic OH excluding ortho intramolecular Hbond substituents is 1. The lowest BCUT2D eigenvalue weighted by atomic mass is 10.0. The summed E-state index contributed by atoms with van der Waals surface area (Å²) in [6, 6.07) is 12.4. The van der Waals surface area contributed by atoms with Crippen molar-refractivity contribution in [2.75, 3.05) is 7.11 Å². The number of hydrogen-bond donors (Lipinski definition) is 1. The van der Waals surface area contributed by atoms with Crippen LogP contribution in [-0.2, 0) is 11.3 Å². The lowest BCUT2D eigenvalue weighted by molar-refractivity contribution is 0.0597. The number of fused-ring (bicyclic) bond motifs is 1. The predicted molar refractivity (Wildman–Crippen MR) is 113 cm³/mol. The van der Waals surface area contributed by atoms with E-state index in [4.69, 9.17) is 0 Å². The van der Waals surface area contributed by atoms with Gasteiger partial charge in [0.25, 0.3) is 0 Å². The Hall–Kier alpha value is -3.74. The predicted octanol–water partition coefficient (Wildman–Crippen LogP) is 5.14. The Morgan fingerprint density at radius 3 is 2.42 bits per heavy atom. The molecule has 0 saturated heterocycles. The van der Waals surface area contributed by atoms with Crippen molar-refractivity contribution in [1.29, 1.82) is 0 Å². The molecule has 0 aliphatic rings. The van der Waals surface area contributed by atoms with Crippen molar-refractivity contribution in [2.24, 2.45) is 0 Å². The topological polar surface area (TPSA) is 64.3 Å². The fourth-order valence-corrected chi connectivity index (χ4v) is 3.76. The first-order chi connectivity index (χ1) is 14.8. The highest BCUT2D eigenvalue weighted by Gasteiger charge is 2.23. The fourth-order valence-electron chi connectivity index (χ4n) is 3.76. The lowest BCUT2D eigenvalue weighted by Gasteiger charge is -2.10. The number of aromatic hydroxyl groups is 1. The van der Waals surface area contributed by atoms with Crippen molar-refractivity contribution in [3.63, 3.8) is 0 Å². The van der Waals surface area contributed by atoms with Crippen LogP contribution in [0.5, 0.6) is 5.75 Å². The molecule has 0 unspecified atom stereocenters. The minimum atomic E-state index is -0.875. The van der Waals surface area contributed by atoms with Crippen molar-refractivity contribution in [3.05, 3.63) is 82.4 Å². The maximum Gasteiger partial charge on any atom is 0.341 e. The molecular weight excluding hydrogens is 402 g/mol. The minimum Gasteiger partial charge on any atom is -0.507 e. The Morgan fingerprint density at radius 1 is 1.06 bits per heavy atom. The first-order valence-corrected chi connectivity index (χ1v) is 9.63. The highest BCUT2D eigenvalue weighted by molar-refractivity contribution is 5.97. The van der Waals surface area contributed by atoms with Crippen molar-refractivity contribution in [2.45, 2.75) is 20.4 Å². The molecule has 0 radical (unpaired) electrons. The van der Waals surface area contributed by atoms with E-state index in [2.05, 4.69) is 9.84 Å². The standard InChI is InChI=1S/C24H20F2N2O3/c1-13-6-4-7-14(2)17(13)12-28-20-9-5-8-18(25)22(20)23(27-28)15-11-21(29)16(10-19(15)26)24(30)31-3/h4-11,29H,12H2,1-3H3. The Morgan fingerprint density at radius 2 is 1.74 bits per heavy atom. The summed E-state index contributed by atoms with van der Waals surface area (Å²) in [7, 11) is 1.13. The van der Waals surface area contributed by atoms with E-state index < -0.39 is 23.4 Å². The second-order valence-electron chi connectivity index (χ2n) is 7.35. The number of phenols is 1. The van der Waals surface area contributed by atoms with Gasteiger partial charge in [0, 0.05) is 5.56 Å². The van der Waals surface area contributed by atoms with E-state index >= 15 is 0 Å². The SMILES string of the molecule is COC(=O)c1cc(F)c(-c2nn(Cc3c(C)cccc3C)c3cccc(F)c23)cc1O. The number of aryl methyl sites for hydroxylation is 2. The molecule has 158 valence electrons. The number of hydrogen-bond acceptors (Lipinski definition) is 4. The highest BCUT2D eigenvalue weighted by atomic mass is 19.1. The van der Waals surface area contributed by atoms with Crippen molar-refractivity contribution >= 4 is 16.9 Å². The second kappa shape index (κ2) is 7.83. The first kappa shape index (κ1) is 20.5. The zero-order chi connectivity index (χ0) is 22.3. The first-order valence-electron chi connectivity index (χ1n) is 9.63. The Labute approximate surface area is 177 Å². The average molecular weight is 422 g/mol. The molecule has 0 fully saturated rings. The summed E-state index contributed by atoms with van der Waals surface area (Å²) < 4.78 is 35.9. The third-order valence-corrected chi connectivity index (χ3v) is 5.43. The maximum atomic E-state index is 14.9. The summed E-state index contributed by atoms with van der Waals surface area (Å²) in [6.07, 6.45) is 0. The van der Waals surface area contributed by atoms with Gasteiger partial charge in [-0.1, -0.05) is 24.3 Å². The number of nitrogens with zero attached hydrogens (tertiary/aromatic N) is 2. The molecule has 31 heavy (non-hydrogen) atoms. The molecule has 4 rings (SSSR count). The molecule has 1 aromatic heterocycles. The highest BCUT2D eigenvalue weighted by Crippen LogP contribution is 2.35. The molecule has 0 saturated carbocycles. The summed E-state index contributed by atoms with van der Waals surface area (Å²) in [4.78, 5) is 11.7. The Kier molecular flexibility index (Phi) is 5.19. The van der Waals surface area contributed by atoms with Gasteiger partial charge < -0.3 is 9.84 Å². The van der Waals surface area contributed by atoms with Crippen LogP contribution in [0, 0.1) is 25.5 Å². The monoisotopic (exact) mass is 422 g/mol. The summed E-state index contributed by atoms with van der Waals surface area (Å²) in [5.41, 5.74) is 3.27. The molecule has 0 aliphatic heterocycles. The Bertz CT molecular complexity index is 1310. The quantitative estimate of drug-likeness (QED) is 0.463. The third kappa shape index (κ3) is 3.52. The number of halogens is 2. The summed E-state index contributed by atoms with van der Waals surface area (Å²) in [6.45, 7) is 4.34. The van der Waals surface area contributed by atoms with Gasteiger partial charge in [0.2, 0.25) is 0 Å². The molecule has 0 aliphatic carbocycles. The molecule has 0 amide bonds. The van der Waals surface area contributed by atoms with Crippen LogP contribution in [-0.4, -0.2) is 28.0 Å². The van der Waals surface area contributed by atoms with Crippen molar-refractivity contribution in [1.82, 2.24) is 9.78 Å². The van der Waals surface area contributed by atoms with Crippen LogP contribution in [0.1, 0.15) is 27.0 Å². The van der Waals surface area contributed by atoms with Gasteiger partial charge in [0.05, 0.1) is 24.6 Å². The Balaban J connectivity index is 1.93. The molecule has 0 spiro atoms. The zero-order valence-corrected chi connectivity index (χ0v) is 17.2. The van der Waals surface area contributed by atoms with Gasteiger partial charge in [-0.25, -0.2) is 13.6 Å². The van der Waals surface area contributed by atoms with E-state index in [1.807, 2.05) is 32.0 Å². The van der Waals surface area contributed by atoms with Gasteiger partial charge in [-0.15, -0.1) is 0 Å². The van der Waals surface area contributed by atoms with Crippen molar-refractivity contribution < 1.29 is 23.4 Å². The number of carbonyl (C=O) groups is 1. The number of carbonyl (C=O) groups excluding carboxylic acids is 1. The van der Waals surface area contributed by atoms with Crippen molar-refractivity contribution in [3.8, 4) is 17.0 Å². The lowest BCUT2D eigenvalue weighted by Crippen LogP contribution is -2.05. The van der Waals surface area contributed by atoms with Crippen LogP contribution in [0.4, 0.5) is 8.78 Å². The van der Waals surface area contributed by atoms with Gasteiger partial charge in [0.15, 0.2) is 0 Å². The van der Waals surface area contributed by atoms with E-state index in [9.17, 15) is 18.7 Å². The van der Waals surface area contributed by atoms with Crippen LogP contribution in [0.15, 0.2) is 48.5 Å². The third-order valence-electron chi connectivity index (χ3n) is 5.43. The number of ether oxygens (including phenoxy) is 1. The van der Waals surface area contributed by atoms with E-state index in [1.54, 1.807) is 16.8 Å². The molecular formula is C24H20F2N2O3. The van der Waals surface area contributed by atoms with Gasteiger partial charge >= 0.3 is 5.97 Å². The molecule has 0 bridgehead atoms. The molecule has 7 heteroatoms. The number of aromatic nitrogens is 2. The molecule has 1 N–H and O–H groups in total. The van der Waals surface area contributed by atoms with Gasteiger partial charge in [-0.05, 0) is 54.8 Å². The fraction of sp³-hybridized carbons (Fsp3) is 0.167. The van der Waals surface area contributed by atoms with Crippen LogP contribution in [0.25, 0.3) is 22.2 Å².